The highest BCUT2D eigenvalue weighted by atomic mass is 35.5. The highest BCUT2D eigenvalue weighted by molar-refractivity contribution is 6.33. The van der Waals surface area contributed by atoms with E-state index in [4.69, 9.17) is 28.3 Å². The van der Waals surface area contributed by atoms with Crippen LogP contribution in [-0.2, 0) is 6.54 Å². The van der Waals surface area contributed by atoms with E-state index in [1.165, 1.54) is 6.07 Å². The molecule has 5 heteroatoms. The summed E-state index contributed by atoms with van der Waals surface area (Å²) in [5.41, 5.74) is 2.82. The smallest absolute Gasteiger partial charge is 0.337 e. The summed E-state index contributed by atoms with van der Waals surface area (Å²) in [6, 6.07) is 10.6. The van der Waals surface area contributed by atoms with Gasteiger partial charge in [0.1, 0.15) is 0 Å². The van der Waals surface area contributed by atoms with E-state index >= 15 is 0 Å². The molecule has 3 nitrogen and oxygen atoms in total. The molecule has 0 atom stereocenters. The fourth-order valence-electron chi connectivity index (χ4n) is 1.75. The standard InChI is InChI=1S/C15H13Cl2NO2/c1-9-2-3-10(6-14(9)17)8-18-11-4-5-13(16)12(7-11)15(19)20/h2-7,18H,8H2,1H3,(H,19,20). The number of anilines is 1. The Morgan fingerprint density at radius 2 is 1.90 bits per heavy atom. The van der Waals surface area contributed by atoms with Crippen molar-refractivity contribution in [1.29, 1.82) is 0 Å². The number of hydrogen-bond donors (Lipinski definition) is 2. The van der Waals surface area contributed by atoms with Crippen molar-refractivity contribution >= 4 is 34.9 Å². The quantitative estimate of drug-likeness (QED) is 0.867. The predicted molar refractivity (Wildman–Crippen MR) is 81.9 cm³/mol. The highest BCUT2D eigenvalue weighted by Gasteiger charge is 2.09. The fourth-order valence-corrected chi connectivity index (χ4v) is 2.15. The van der Waals surface area contributed by atoms with Gasteiger partial charge in [-0.15, -0.1) is 0 Å². The average Bonchev–Trinajstić information content (AvgIpc) is 2.41. The third kappa shape index (κ3) is 3.44. The summed E-state index contributed by atoms with van der Waals surface area (Å²) < 4.78 is 0. The van der Waals surface area contributed by atoms with Crippen molar-refractivity contribution in [2.75, 3.05) is 5.32 Å². The number of carbonyl (C=O) groups is 1. The summed E-state index contributed by atoms with van der Waals surface area (Å²) in [6.45, 7) is 2.50. The second-order valence-electron chi connectivity index (χ2n) is 4.44. The molecule has 0 aromatic heterocycles. The van der Waals surface area contributed by atoms with Gasteiger partial charge in [0.25, 0.3) is 0 Å². The number of halogens is 2. The maximum absolute atomic E-state index is 11.0. The zero-order valence-electron chi connectivity index (χ0n) is 10.8. The van der Waals surface area contributed by atoms with Gasteiger partial charge < -0.3 is 10.4 Å². The fraction of sp³-hybridized carbons (Fsp3) is 0.133. The van der Waals surface area contributed by atoms with Crippen LogP contribution in [0.3, 0.4) is 0 Å². The van der Waals surface area contributed by atoms with Crippen LogP contribution >= 0.6 is 23.2 Å². The predicted octanol–water partition coefficient (Wildman–Crippen LogP) is 4.61. The second kappa shape index (κ2) is 6.16. The molecule has 2 N–H and O–H groups in total. The van der Waals surface area contributed by atoms with E-state index in [0.717, 1.165) is 11.1 Å². The summed E-state index contributed by atoms with van der Waals surface area (Å²) in [5.74, 6) is -1.04. The highest BCUT2D eigenvalue weighted by Crippen LogP contribution is 2.22. The minimum atomic E-state index is -1.04. The number of aromatic carboxylic acids is 1. The first-order valence-electron chi connectivity index (χ1n) is 5.99. The Balaban J connectivity index is 2.12. The lowest BCUT2D eigenvalue weighted by atomic mass is 10.1. The van der Waals surface area contributed by atoms with Gasteiger partial charge in [0.05, 0.1) is 10.6 Å². The molecule has 2 aromatic carbocycles. The number of rotatable bonds is 4. The Hall–Kier alpha value is -1.71. The summed E-state index contributed by atoms with van der Waals surface area (Å²) in [6.07, 6.45) is 0. The lowest BCUT2D eigenvalue weighted by molar-refractivity contribution is 0.0697. The normalized spacial score (nSPS) is 10.3. The first-order valence-corrected chi connectivity index (χ1v) is 6.74. The van der Waals surface area contributed by atoms with E-state index < -0.39 is 5.97 Å². The van der Waals surface area contributed by atoms with Crippen LogP contribution in [0.1, 0.15) is 21.5 Å². The van der Waals surface area contributed by atoms with Crippen LogP contribution in [0.5, 0.6) is 0 Å². The number of nitrogens with one attached hydrogen (secondary N) is 1. The monoisotopic (exact) mass is 309 g/mol. The van der Waals surface area contributed by atoms with Gasteiger partial charge in [-0.3, -0.25) is 0 Å². The molecule has 0 saturated carbocycles. The molecule has 0 radical (unpaired) electrons. The van der Waals surface area contributed by atoms with Crippen LogP contribution in [0, 0.1) is 6.92 Å². The number of aryl methyl sites for hydroxylation is 1. The molecular weight excluding hydrogens is 297 g/mol. The third-order valence-corrected chi connectivity index (χ3v) is 3.67. The second-order valence-corrected chi connectivity index (χ2v) is 5.25. The minimum Gasteiger partial charge on any atom is -0.478 e. The molecule has 0 spiro atoms. The molecule has 104 valence electrons. The molecular formula is C15H13Cl2NO2. The van der Waals surface area contributed by atoms with Gasteiger partial charge in [-0.25, -0.2) is 4.79 Å². The molecule has 0 heterocycles. The molecule has 0 aliphatic carbocycles. The number of carboxylic acid groups (broad SMARTS) is 1. The lowest BCUT2D eigenvalue weighted by Gasteiger charge is -2.09. The zero-order valence-corrected chi connectivity index (χ0v) is 12.3. The van der Waals surface area contributed by atoms with Gasteiger partial charge in [-0.2, -0.15) is 0 Å². The SMILES string of the molecule is Cc1ccc(CNc2ccc(Cl)c(C(=O)O)c2)cc1Cl. The zero-order chi connectivity index (χ0) is 14.7. The first-order chi connectivity index (χ1) is 9.47. The summed E-state index contributed by atoms with van der Waals surface area (Å²) >= 11 is 11.9. The molecule has 0 amide bonds. The van der Waals surface area contributed by atoms with Crippen molar-refractivity contribution in [1.82, 2.24) is 0 Å². The molecule has 0 saturated heterocycles. The Kier molecular flexibility index (Phi) is 4.53. The molecule has 0 unspecified atom stereocenters. The van der Waals surface area contributed by atoms with Gasteiger partial charge >= 0.3 is 5.97 Å². The molecule has 2 rings (SSSR count). The van der Waals surface area contributed by atoms with Gasteiger partial charge in [-0.1, -0.05) is 35.3 Å². The molecule has 0 aliphatic heterocycles. The summed E-state index contributed by atoms with van der Waals surface area (Å²) in [4.78, 5) is 11.0. The van der Waals surface area contributed by atoms with Crippen LogP contribution in [0.2, 0.25) is 10.0 Å². The van der Waals surface area contributed by atoms with E-state index in [-0.39, 0.29) is 10.6 Å². The average molecular weight is 310 g/mol. The molecule has 0 bridgehead atoms. The van der Waals surface area contributed by atoms with Gasteiger partial charge in [-0.05, 0) is 42.3 Å². The van der Waals surface area contributed by atoms with Crippen LogP contribution in [-0.4, -0.2) is 11.1 Å². The van der Waals surface area contributed by atoms with Crippen LogP contribution < -0.4 is 5.32 Å². The molecule has 2 aromatic rings. The molecule has 20 heavy (non-hydrogen) atoms. The van der Waals surface area contributed by atoms with Crippen molar-refractivity contribution < 1.29 is 9.90 Å². The Bertz CT molecular complexity index is 656. The largest absolute Gasteiger partial charge is 0.478 e. The maximum atomic E-state index is 11.0. The number of carboxylic acids is 1. The topological polar surface area (TPSA) is 49.3 Å². The number of benzene rings is 2. The lowest BCUT2D eigenvalue weighted by Crippen LogP contribution is -2.03. The van der Waals surface area contributed by atoms with Crippen LogP contribution in [0.15, 0.2) is 36.4 Å². The van der Waals surface area contributed by atoms with Crippen LogP contribution in [0.4, 0.5) is 5.69 Å². The van der Waals surface area contributed by atoms with Crippen molar-refractivity contribution in [2.24, 2.45) is 0 Å². The van der Waals surface area contributed by atoms with E-state index in [0.29, 0.717) is 17.3 Å². The molecule has 0 fully saturated rings. The molecule has 0 aliphatic rings. The summed E-state index contributed by atoms with van der Waals surface area (Å²) in [7, 11) is 0. The van der Waals surface area contributed by atoms with Gasteiger partial charge in [0.15, 0.2) is 0 Å². The Labute approximate surface area is 127 Å². The first kappa shape index (κ1) is 14.7. The summed E-state index contributed by atoms with van der Waals surface area (Å²) in [5, 5.41) is 13.1. The van der Waals surface area contributed by atoms with Crippen LogP contribution in [0.25, 0.3) is 0 Å². The van der Waals surface area contributed by atoms with Crippen molar-refractivity contribution in [3.05, 3.63) is 63.1 Å². The van der Waals surface area contributed by atoms with E-state index in [2.05, 4.69) is 5.32 Å². The van der Waals surface area contributed by atoms with E-state index in [1.807, 2.05) is 25.1 Å². The maximum Gasteiger partial charge on any atom is 0.337 e. The van der Waals surface area contributed by atoms with Crippen molar-refractivity contribution in [2.45, 2.75) is 13.5 Å². The number of hydrogen-bond acceptors (Lipinski definition) is 2. The van der Waals surface area contributed by atoms with Gasteiger partial charge in [0, 0.05) is 17.3 Å². The minimum absolute atomic E-state index is 0.0820. The van der Waals surface area contributed by atoms with Crippen molar-refractivity contribution in [3.8, 4) is 0 Å². The Morgan fingerprint density at radius 1 is 1.15 bits per heavy atom. The van der Waals surface area contributed by atoms with Gasteiger partial charge in [0.2, 0.25) is 0 Å². The Morgan fingerprint density at radius 3 is 2.55 bits per heavy atom. The third-order valence-electron chi connectivity index (χ3n) is 2.93. The van der Waals surface area contributed by atoms with E-state index in [1.54, 1.807) is 12.1 Å². The van der Waals surface area contributed by atoms with E-state index in [9.17, 15) is 4.79 Å². The van der Waals surface area contributed by atoms with Crippen molar-refractivity contribution in [3.63, 3.8) is 0 Å².